The smallest absolute Gasteiger partial charge is 0.462 e. The molecule has 0 aromatic carbocycles. The van der Waals surface area contributed by atoms with Gasteiger partial charge in [-0.25, -0.2) is 4.57 Å². The number of ether oxygens (including phenoxy) is 2. The first-order chi connectivity index (χ1) is 37.0. The molecular formula is C66H117NO8P+. The van der Waals surface area contributed by atoms with Gasteiger partial charge in [-0.2, -0.15) is 0 Å². The van der Waals surface area contributed by atoms with Crippen molar-refractivity contribution in [1.82, 2.24) is 0 Å². The van der Waals surface area contributed by atoms with Crippen LogP contribution >= 0.6 is 7.82 Å². The highest BCUT2D eigenvalue weighted by Crippen LogP contribution is 2.43. The van der Waals surface area contributed by atoms with E-state index in [1.165, 1.54) is 128 Å². The number of hydrogen-bond donors (Lipinski definition) is 1. The third-order valence-corrected chi connectivity index (χ3v) is 14.1. The van der Waals surface area contributed by atoms with Crippen LogP contribution in [0.5, 0.6) is 0 Å². The monoisotopic (exact) mass is 1080 g/mol. The topological polar surface area (TPSA) is 108 Å². The lowest BCUT2D eigenvalue weighted by Crippen LogP contribution is -2.37. The van der Waals surface area contributed by atoms with E-state index in [1.807, 2.05) is 21.1 Å². The second-order valence-corrected chi connectivity index (χ2v) is 23.2. The van der Waals surface area contributed by atoms with Gasteiger partial charge < -0.3 is 18.9 Å². The van der Waals surface area contributed by atoms with Crippen molar-refractivity contribution in [1.29, 1.82) is 0 Å². The standard InChI is InChI=1S/C66H116NO8P/c1-6-8-10-12-14-16-18-20-22-24-26-28-30-32-33-35-37-39-41-43-45-47-49-51-53-55-57-59-66(69)75-64(63-74-76(70,71)73-61-60-67(3,4)5)62-72-65(68)58-56-54-52-50-48-46-44-42-40-38-36-34-31-29-27-25-23-21-19-17-15-13-11-9-7-2/h8,10,14,16,20,22,25-28,32-33,37,39,43,45,64H,6-7,9,11-13,15,17-19,21,23-24,29-31,34-36,38,40-42,44,46-63H2,1-5H3/p+1/b10-8-,16-14-,22-20-,27-25-,28-26-,33-32-,39-37-,45-43-. The Balaban J connectivity index is 4.20. The molecule has 0 heterocycles. The minimum absolute atomic E-state index is 0.0232. The number of quaternary nitrogens is 1. The summed E-state index contributed by atoms with van der Waals surface area (Å²) in [6.07, 6.45) is 77.7. The number of esters is 2. The zero-order chi connectivity index (χ0) is 55.6. The highest BCUT2D eigenvalue weighted by Gasteiger charge is 2.27. The molecule has 0 aliphatic rings. The Morgan fingerprint density at radius 1 is 0.421 bits per heavy atom. The van der Waals surface area contributed by atoms with Gasteiger partial charge in [-0.05, 0) is 96.3 Å². The van der Waals surface area contributed by atoms with Crippen LogP contribution in [0, 0.1) is 0 Å². The van der Waals surface area contributed by atoms with Crippen molar-refractivity contribution >= 4 is 19.8 Å². The number of nitrogens with zero attached hydrogens (tertiary/aromatic N) is 1. The highest BCUT2D eigenvalue weighted by molar-refractivity contribution is 7.47. The Labute approximate surface area is 468 Å². The molecule has 10 heteroatoms. The van der Waals surface area contributed by atoms with Gasteiger partial charge in [0, 0.05) is 12.8 Å². The molecule has 9 nitrogen and oxygen atoms in total. The zero-order valence-electron chi connectivity index (χ0n) is 49.7. The van der Waals surface area contributed by atoms with Gasteiger partial charge >= 0.3 is 19.8 Å². The third-order valence-electron chi connectivity index (χ3n) is 13.1. The summed E-state index contributed by atoms with van der Waals surface area (Å²) in [5, 5.41) is 0. The molecule has 1 N–H and O–H groups in total. The summed E-state index contributed by atoms with van der Waals surface area (Å²) in [4.78, 5) is 35.8. The van der Waals surface area contributed by atoms with Crippen molar-refractivity contribution in [2.75, 3.05) is 47.5 Å². The first-order valence-electron chi connectivity index (χ1n) is 31.0. The molecule has 0 radical (unpaired) electrons. The predicted octanol–water partition coefficient (Wildman–Crippen LogP) is 19.6. The molecule has 0 saturated heterocycles. The summed E-state index contributed by atoms with van der Waals surface area (Å²) >= 11 is 0. The molecule has 0 rings (SSSR count). The Morgan fingerprint density at radius 2 is 0.750 bits per heavy atom. The second kappa shape index (κ2) is 56.6. The molecular weight excluding hydrogens is 966 g/mol. The lowest BCUT2D eigenvalue weighted by atomic mass is 10.0. The highest BCUT2D eigenvalue weighted by atomic mass is 31.2. The second-order valence-electron chi connectivity index (χ2n) is 21.7. The lowest BCUT2D eigenvalue weighted by molar-refractivity contribution is -0.870. The summed E-state index contributed by atoms with van der Waals surface area (Å²) in [7, 11) is 1.46. The Morgan fingerprint density at radius 3 is 1.13 bits per heavy atom. The lowest BCUT2D eigenvalue weighted by Gasteiger charge is -2.24. The number of allylic oxidation sites excluding steroid dienone is 16. The molecule has 438 valence electrons. The number of phosphoric acid groups is 1. The number of likely N-dealkylation sites (N-methyl/N-ethyl adjacent to an activating group) is 1. The van der Waals surface area contributed by atoms with E-state index in [9.17, 15) is 19.0 Å². The van der Waals surface area contributed by atoms with E-state index in [4.69, 9.17) is 18.5 Å². The molecule has 0 aliphatic carbocycles. The first-order valence-corrected chi connectivity index (χ1v) is 32.5. The van der Waals surface area contributed by atoms with Crippen molar-refractivity contribution in [3.63, 3.8) is 0 Å². The van der Waals surface area contributed by atoms with E-state index >= 15 is 0 Å². The number of carbonyl (C=O) groups excluding carboxylic acids is 2. The number of phosphoric ester groups is 1. The van der Waals surface area contributed by atoms with Crippen LogP contribution in [0.4, 0.5) is 0 Å². The minimum Gasteiger partial charge on any atom is -0.462 e. The van der Waals surface area contributed by atoms with Gasteiger partial charge in [0.25, 0.3) is 0 Å². The molecule has 0 bridgehead atoms. The van der Waals surface area contributed by atoms with Gasteiger partial charge in [-0.3, -0.25) is 18.6 Å². The fraction of sp³-hybridized carbons (Fsp3) is 0.727. The fourth-order valence-corrected chi connectivity index (χ4v) is 9.09. The van der Waals surface area contributed by atoms with Crippen molar-refractivity contribution in [3.8, 4) is 0 Å². The quantitative estimate of drug-likeness (QED) is 0.0211. The Hall–Kier alpha value is -3.07. The first kappa shape index (κ1) is 72.9. The van der Waals surface area contributed by atoms with Crippen LogP contribution < -0.4 is 0 Å². The van der Waals surface area contributed by atoms with Crippen LogP contribution in [0.15, 0.2) is 97.2 Å². The van der Waals surface area contributed by atoms with Crippen molar-refractivity contribution in [2.45, 2.75) is 264 Å². The molecule has 0 aliphatic heterocycles. The maximum atomic E-state index is 12.8. The van der Waals surface area contributed by atoms with Crippen LogP contribution in [0.25, 0.3) is 0 Å². The predicted molar refractivity (Wildman–Crippen MR) is 325 cm³/mol. The molecule has 2 unspecified atom stereocenters. The van der Waals surface area contributed by atoms with Gasteiger partial charge in [-0.1, -0.05) is 246 Å². The number of unbranched alkanes of at least 4 members (excludes halogenated alkanes) is 26. The van der Waals surface area contributed by atoms with Gasteiger partial charge in [0.2, 0.25) is 0 Å². The number of rotatable bonds is 56. The van der Waals surface area contributed by atoms with Gasteiger partial charge in [0.1, 0.15) is 19.8 Å². The van der Waals surface area contributed by atoms with E-state index in [-0.39, 0.29) is 32.0 Å². The van der Waals surface area contributed by atoms with Crippen LogP contribution in [0.1, 0.15) is 258 Å². The molecule has 0 amide bonds. The normalized spacial score (nSPS) is 13.9. The maximum absolute atomic E-state index is 12.8. The largest absolute Gasteiger partial charge is 0.472 e. The van der Waals surface area contributed by atoms with Crippen LogP contribution in [0.3, 0.4) is 0 Å². The van der Waals surface area contributed by atoms with Gasteiger partial charge in [-0.15, -0.1) is 0 Å². The van der Waals surface area contributed by atoms with Crippen molar-refractivity contribution < 1.29 is 42.1 Å². The van der Waals surface area contributed by atoms with Crippen LogP contribution in [0.2, 0.25) is 0 Å². The summed E-state index contributed by atoms with van der Waals surface area (Å²) in [6.45, 7) is 4.31. The maximum Gasteiger partial charge on any atom is 0.472 e. The van der Waals surface area contributed by atoms with Gasteiger partial charge in [0.05, 0.1) is 27.7 Å². The molecule has 0 saturated carbocycles. The van der Waals surface area contributed by atoms with Crippen LogP contribution in [-0.2, 0) is 32.7 Å². The summed E-state index contributed by atoms with van der Waals surface area (Å²) < 4.78 is 34.6. The Kier molecular flexibility index (Phi) is 54.4. The Bertz CT molecular complexity index is 1600. The zero-order valence-corrected chi connectivity index (χ0v) is 50.6. The molecule has 76 heavy (non-hydrogen) atoms. The van der Waals surface area contributed by atoms with E-state index < -0.39 is 26.5 Å². The summed E-state index contributed by atoms with van der Waals surface area (Å²) in [6, 6.07) is 0. The molecule has 0 fully saturated rings. The average Bonchev–Trinajstić information content (AvgIpc) is 3.38. The summed E-state index contributed by atoms with van der Waals surface area (Å²) in [5.41, 5.74) is 0. The van der Waals surface area contributed by atoms with E-state index in [0.29, 0.717) is 17.4 Å². The number of carbonyl (C=O) groups is 2. The van der Waals surface area contributed by atoms with Gasteiger partial charge in [0.15, 0.2) is 6.10 Å². The third kappa shape index (κ3) is 60.2. The molecule has 0 aromatic heterocycles. The summed E-state index contributed by atoms with van der Waals surface area (Å²) in [5.74, 6) is -0.819. The van der Waals surface area contributed by atoms with E-state index in [1.54, 1.807) is 0 Å². The molecule has 0 spiro atoms. The number of hydrogen-bond acceptors (Lipinski definition) is 7. The average molecular weight is 1080 g/mol. The van der Waals surface area contributed by atoms with Crippen molar-refractivity contribution in [2.24, 2.45) is 0 Å². The molecule has 0 aromatic rings. The van der Waals surface area contributed by atoms with E-state index in [2.05, 4.69) is 111 Å². The van der Waals surface area contributed by atoms with Crippen LogP contribution in [-0.4, -0.2) is 74.9 Å². The fourth-order valence-electron chi connectivity index (χ4n) is 8.34. The van der Waals surface area contributed by atoms with Crippen molar-refractivity contribution in [3.05, 3.63) is 97.2 Å². The molecule has 2 atom stereocenters. The van der Waals surface area contributed by atoms with E-state index in [0.717, 1.165) is 96.3 Å². The SMILES string of the molecule is CC/C=C\C/C=C\C/C=C\C/C=C\C/C=C\C/C=C\C/C=C\CCCCCCCC(=O)OC(COC(=O)CCCCCCCCCCCCCCC/C=C\CCCCCCCCCC)COP(=O)(O)OCC[N+](C)(C)C. The minimum atomic E-state index is -4.40.